The Hall–Kier alpha value is -0.739. The molecule has 0 N–H and O–H groups in total. The quantitative estimate of drug-likeness (QED) is 0.367. The molecule has 0 aromatic heterocycles. The highest BCUT2D eigenvalue weighted by atomic mass is 28.4. The number of carbonyl (C=O) groups is 1. The second-order valence-corrected chi connectivity index (χ2v) is 27.5. The zero-order chi connectivity index (χ0) is 25.3. The minimum Gasteiger partial charge on any atom is -0.544 e. The molecule has 3 aliphatic carbocycles. The van der Waals surface area contributed by atoms with Crippen LogP contribution in [0.15, 0.2) is 18.2 Å². The van der Waals surface area contributed by atoms with Gasteiger partial charge >= 0.3 is 0 Å². The summed E-state index contributed by atoms with van der Waals surface area (Å²) in [6.07, 6.45) is 4.22. The normalized spacial score (nSPS) is 33.8. The summed E-state index contributed by atoms with van der Waals surface area (Å²) in [5, 5.41) is 0. The first-order valence-corrected chi connectivity index (χ1v) is 23.4. The lowest BCUT2D eigenvalue weighted by Crippen LogP contribution is -2.50. The van der Waals surface area contributed by atoms with Crippen molar-refractivity contribution in [3.05, 3.63) is 29.3 Å². The molecule has 1 aromatic rings. The smallest absolute Gasteiger partial charge is 0.242 e. The third-order valence-corrected chi connectivity index (χ3v) is 10.7. The molecule has 0 amide bonds. The summed E-state index contributed by atoms with van der Waals surface area (Å²) in [5.74, 6) is 2.44. The van der Waals surface area contributed by atoms with Crippen molar-refractivity contribution in [3.8, 4) is 5.75 Å². The molecule has 0 aliphatic heterocycles. The standard InChI is InChI=1S/C27H46O4Si3/c1-27-14-13-20-19-12-11-18(29-32(2,3)4)15-22(19)24(28)16-21(20)23(27)17-25(30-33(5,6)7)26(27)31-34(8,9)10/h11-12,15,20-21,23,25-26H,13-14,16-17H2,1-10H3/t20-,21-,23+,25?,26?,27+/m1/s1. The van der Waals surface area contributed by atoms with Crippen molar-refractivity contribution in [2.45, 2.75) is 110 Å². The van der Waals surface area contributed by atoms with Crippen LogP contribution in [0.4, 0.5) is 0 Å². The fourth-order valence-corrected chi connectivity index (χ4v) is 10.0. The Bertz CT molecular complexity index is 943. The maximum Gasteiger partial charge on any atom is 0.242 e. The Morgan fingerprint density at radius 3 is 2.15 bits per heavy atom. The van der Waals surface area contributed by atoms with E-state index in [1.54, 1.807) is 0 Å². The van der Waals surface area contributed by atoms with Gasteiger partial charge in [0.15, 0.2) is 22.4 Å². The van der Waals surface area contributed by atoms with Crippen LogP contribution >= 0.6 is 0 Å². The summed E-state index contributed by atoms with van der Waals surface area (Å²) in [6, 6.07) is 6.33. The molecule has 0 spiro atoms. The number of hydrogen-bond donors (Lipinski definition) is 0. The van der Waals surface area contributed by atoms with Gasteiger partial charge in [0.1, 0.15) is 5.75 Å². The first kappa shape index (κ1) is 26.3. The zero-order valence-electron chi connectivity index (χ0n) is 23.1. The second-order valence-electron chi connectivity index (χ2n) is 14.2. The summed E-state index contributed by atoms with van der Waals surface area (Å²) in [5.41, 5.74) is 2.23. The minimum atomic E-state index is -1.75. The van der Waals surface area contributed by atoms with Gasteiger partial charge in [-0.3, -0.25) is 4.79 Å². The van der Waals surface area contributed by atoms with Crippen LogP contribution in [0, 0.1) is 17.3 Å². The van der Waals surface area contributed by atoms with Gasteiger partial charge in [-0.05, 0) is 119 Å². The number of Topliss-reactive ketones (excluding diaryl/α,β-unsaturated/α-hetero) is 1. The van der Waals surface area contributed by atoms with Gasteiger partial charge in [-0.15, -0.1) is 0 Å². The highest BCUT2D eigenvalue weighted by molar-refractivity contribution is 6.70. The number of fused-ring (bicyclic) bond motifs is 5. The van der Waals surface area contributed by atoms with Crippen molar-refractivity contribution in [3.63, 3.8) is 0 Å². The predicted octanol–water partition coefficient (Wildman–Crippen LogP) is 7.45. The van der Waals surface area contributed by atoms with E-state index >= 15 is 0 Å². The van der Waals surface area contributed by atoms with Crippen LogP contribution in [-0.2, 0) is 8.85 Å². The van der Waals surface area contributed by atoms with Gasteiger partial charge in [-0.1, -0.05) is 13.0 Å². The summed E-state index contributed by atoms with van der Waals surface area (Å²) in [6.45, 7) is 22.7. The maximum atomic E-state index is 13.5. The van der Waals surface area contributed by atoms with Gasteiger partial charge < -0.3 is 13.3 Å². The molecule has 4 rings (SSSR count). The summed E-state index contributed by atoms with van der Waals surface area (Å²) in [4.78, 5) is 13.5. The average molecular weight is 519 g/mol. The van der Waals surface area contributed by atoms with Crippen LogP contribution in [0.2, 0.25) is 58.9 Å². The Labute approximate surface area is 210 Å². The number of benzene rings is 1. The monoisotopic (exact) mass is 518 g/mol. The van der Waals surface area contributed by atoms with E-state index in [-0.39, 0.29) is 17.6 Å². The van der Waals surface area contributed by atoms with Gasteiger partial charge in [0, 0.05) is 12.0 Å². The Morgan fingerprint density at radius 1 is 0.912 bits per heavy atom. The summed E-state index contributed by atoms with van der Waals surface area (Å²) >= 11 is 0. The van der Waals surface area contributed by atoms with Gasteiger partial charge in [0.2, 0.25) is 8.32 Å². The minimum absolute atomic E-state index is 0.0738. The molecular formula is C27H46O4Si3. The number of hydrogen-bond acceptors (Lipinski definition) is 4. The molecule has 190 valence electrons. The van der Waals surface area contributed by atoms with E-state index in [0.29, 0.717) is 30.0 Å². The lowest BCUT2D eigenvalue weighted by Gasteiger charge is -2.51. The third kappa shape index (κ3) is 5.33. The highest BCUT2D eigenvalue weighted by Gasteiger charge is 2.61. The fourth-order valence-electron chi connectivity index (χ4n) is 6.90. The fraction of sp³-hybridized carbons (Fsp3) is 0.741. The van der Waals surface area contributed by atoms with Crippen molar-refractivity contribution in [2.24, 2.45) is 17.3 Å². The topological polar surface area (TPSA) is 44.8 Å². The van der Waals surface area contributed by atoms with Crippen LogP contribution < -0.4 is 4.43 Å². The molecule has 7 heteroatoms. The average Bonchev–Trinajstić information content (AvgIpc) is 2.90. The largest absolute Gasteiger partial charge is 0.544 e. The molecule has 4 nitrogen and oxygen atoms in total. The van der Waals surface area contributed by atoms with Gasteiger partial charge in [-0.25, -0.2) is 0 Å². The molecule has 0 saturated heterocycles. The Morgan fingerprint density at radius 2 is 1.56 bits per heavy atom. The predicted molar refractivity (Wildman–Crippen MR) is 147 cm³/mol. The first-order chi connectivity index (χ1) is 15.5. The van der Waals surface area contributed by atoms with Gasteiger partial charge in [0.05, 0.1) is 12.2 Å². The van der Waals surface area contributed by atoms with Crippen molar-refractivity contribution in [1.29, 1.82) is 0 Å². The van der Waals surface area contributed by atoms with E-state index in [9.17, 15) is 4.79 Å². The molecule has 6 atom stereocenters. The highest BCUT2D eigenvalue weighted by Crippen LogP contribution is 2.62. The molecule has 2 unspecified atom stereocenters. The van der Waals surface area contributed by atoms with E-state index in [1.165, 1.54) is 5.56 Å². The summed E-state index contributed by atoms with van der Waals surface area (Å²) < 4.78 is 19.9. The number of carbonyl (C=O) groups excluding carboxylic acids is 1. The molecule has 0 bridgehead atoms. The van der Waals surface area contributed by atoms with Crippen LogP contribution in [0.3, 0.4) is 0 Å². The molecule has 34 heavy (non-hydrogen) atoms. The Balaban J connectivity index is 1.67. The molecular weight excluding hydrogens is 473 g/mol. The molecule has 1 aromatic carbocycles. The number of ketones is 1. The van der Waals surface area contributed by atoms with E-state index < -0.39 is 25.0 Å². The van der Waals surface area contributed by atoms with E-state index in [2.05, 4.69) is 78.0 Å². The van der Waals surface area contributed by atoms with Gasteiger partial charge in [0.25, 0.3) is 0 Å². The van der Waals surface area contributed by atoms with Crippen molar-refractivity contribution < 1.29 is 18.1 Å². The van der Waals surface area contributed by atoms with Crippen molar-refractivity contribution >= 4 is 30.7 Å². The van der Waals surface area contributed by atoms with Crippen molar-refractivity contribution in [2.75, 3.05) is 0 Å². The van der Waals surface area contributed by atoms with E-state index in [0.717, 1.165) is 30.6 Å². The molecule has 2 saturated carbocycles. The second kappa shape index (κ2) is 8.68. The molecule has 3 aliphatic rings. The molecule has 0 heterocycles. The van der Waals surface area contributed by atoms with Crippen LogP contribution in [0.1, 0.15) is 54.4 Å². The first-order valence-electron chi connectivity index (χ1n) is 13.2. The van der Waals surface area contributed by atoms with E-state index in [4.69, 9.17) is 13.3 Å². The summed E-state index contributed by atoms with van der Waals surface area (Å²) in [7, 11) is -5.18. The molecule has 2 fully saturated rings. The van der Waals surface area contributed by atoms with Crippen LogP contribution in [-0.4, -0.2) is 42.9 Å². The van der Waals surface area contributed by atoms with E-state index in [1.807, 2.05) is 6.07 Å². The van der Waals surface area contributed by atoms with Crippen molar-refractivity contribution in [1.82, 2.24) is 0 Å². The van der Waals surface area contributed by atoms with Crippen LogP contribution in [0.5, 0.6) is 5.75 Å². The Kier molecular flexibility index (Phi) is 6.72. The zero-order valence-corrected chi connectivity index (χ0v) is 26.1. The van der Waals surface area contributed by atoms with Crippen LogP contribution in [0.25, 0.3) is 0 Å². The van der Waals surface area contributed by atoms with Gasteiger partial charge in [-0.2, -0.15) is 0 Å². The third-order valence-electron chi connectivity index (χ3n) is 7.90. The molecule has 0 radical (unpaired) electrons. The lowest BCUT2D eigenvalue weighted by atomic mass is 9.55. The maximum absolute atomic E-state index is 13.5. The SMILES string of the molecule is C[C@]12CC[C@@H]3c4ccc(O[Si](C)(C)C)cc4C(=O)C[C@H]3[C@@H]1CC(O[Si](C)(C)C)C2O[Si](C)(C)C. The number of rotatable bonds is 6. The lowest BCUT2D eigenvalue weighted by molar-refractivity contribution is -0.0349.